The van der Waals surface area contributed by atoms with E-state index in [-0.39, 0.29) is 5.69 Å². The van der Waals surface area contributed by atoms with Crippen molar-refractivity contribution in [3.63, 3.8) is 0 Å². The number of rotatable bonds is 2. The molecule has 0 saturated heterocycles. The van der Waals surface area contributed by atoms with E-state index in [1.54, 1.807) is 13.0 Å². The van der Waals surface area contributed by atoms with Crippen LogP contribution in [0.2, 0.25) is 0 Å². The van der Waals surface area contributed by atoms with E-state index >= 15 is 0 Å². The molecule has 0 bridgehead atoms. The van der Waals surface area contributed by atoms with Gasteiger partial charge in [-0.2, -0.15) is 18.4 Å². The first-order valence-corrected chi connectivity index (χ1v) is 5.95. The second-order valence-corrected chi connectivity index (χ2v) is 4.51. The van der Waals surface area contributed by atoms with Crippen molar-refractivity contribution in [3.05, 3.63) is 58.9 Å². The van der Waals surface area contributed by atoms with Crippen molar-refractivity contribution in [2.45, 2.75) is 13.1 Å². The van der Waals surface area contributed by atoms with E-state index in [0.29, 0.717) is 11.3 Å². The second kappa shape index (κ2) is 5.44. The van der Waals surface area contributed by atoms with Crippen LogP contribution in [-0.2, 0) is 6.18 Å². The molecule has 108 valence electrons. The highest BCUT2D eigenvalue weighted by atomic mass is 19.4. The van der Waals surface area contributed by atoms with E-state index in [9.17, 15) is 17.6 Å². The number of nitrogens with zero attached hydrogens (tertiary/aromatic N) is 1. The zero-order valence-corrected chi connectivity index (χ0v) is 10.9. The van der Waals surface area contributed by atoms with Gasteiger partial charge in [0.05, 0.1) is 17.2 Å². The lowest BCUT2D eigenvalue weighted by Gasteiger charge is -2.12. The molecule has 0 saturated carbocycles. The third kappa shape index (κ3) is 3.51. The van der Waals surface area contributed by atoms with Crippen LogP contribution in [0, 0.1) is 24.1 Å². The number of nitrogens with one attached hydrogen (secondary N) is 1. The molecule has 0 spiro atoms. The molecule has 2 nitrogen and oxygen atoms in total. The Hall–Kier alpha value is -2.55. The first-order chi connectivity index (χ1) is 9.79. The van der Waals surface area contributed by atoms with Gasteiger partial charge in [-0.1, -0.05) is 0 Å². The predicted molar refractivity (Wildman–Crippen MR) is 70.6 cm³/mol. The number of hydrogen-bond donors (Lipinski definition) is 1. The number of hydrogen-bond acceptors (Lipinski definition) is 2. The fourth-order valence-corrected chi connectivity index (χ4v) is 1.93. The fourth-order valence-electron chi connectivity index (χ4n) is 1.93. The summed E-state index contributed by atoms with van der Waals surface area (Å²) >= 11 is 0. The monoisotopic (exact) mass is 294 g/mol. The maximum absolute atomic E-state index is 13.3. The summed E-state index contributed by atoms with van der Waals surface area (Å²) in [5.74, 6) is -0.484. The van der Waals surface area contributed by atoms with E-state index in [0.717, 1.165) is 12.1 Å². The highest BCUT2D eigenvalue weighted by molar-refractivity contribution is 5.63. The van der Waals surface area contributed by atoms with Gasteiger partial charge in [0.25, 0.3) is 0 Å². The quantitative estimate of drug-likeness (QED) is 0.810. The van der Waals surface area contributed by atoms with Crippen LogP contribution in [-0.4, -0.2) is 0 Å². The molecule has 2 aromatic carbocycles. The van der Waals surface area contributed by atoms with Crippen LogP contribution in [0.5, 0.6) is 0 Å². The number of anilines is 2. The summed E-state index contributed by atoms with van der Waals surface area (Å²) in [6.07, 6.45) is -4.62. The Bertz CT molecular complexity index is 694. The highest BCUT2D eigenvalue weighted by Crippen LogP contribution is 2.34. The van der Waals surface area contributed by atoms with Gasteiger partial charge >= 0.3 is 6.18 Å². The maximum Gasteiger partial charge on any atom is 0.417 e. The van der Waals surface area contributed by atoms with Crippen LogP contribution in [0.1, 0.15) is 16.7 Å². The molecule has 2 rings (SSSR count). The molecule has 0 fully saturated rings. The van der Waals surface area contributed by atoms with Crippen molar-refractivity contribution in [3.8, 4) is 6.07 Å². The summed E-state index contributed by atoms with van der Waals surface area (Å²) in [5, 5.41) is 11.4. The van der Waals surface area contributed by atoms with Gasteiger partial charge in [-0.05, 0) is 48.9 Å². The number of benzene rings is 2. The topological polar surface area (TPSA) is 35.8 Å². The summed E-state index contributed by atoms with van der Waals surface area (Å²) in [7, 11) is 0. The molecule has 0 atom stereocenters. The SMILES string of the molecule is Cc1cc(F)cc(Nc2ccc(C#N)c(C(F)(F)F)c2)c1. The smallest absolute Gasteiger partial charge is 0.355 e. The van der Waals surface area contributed by atoms with Gasteiger partial charge in [0.1, 0.15) is 5.82 Å². The first-order valence-electron chi connectivity index (χ1n) is 5.95. The molecule has 6 heteroatoms. The molecule has 0 aliphatic heterocycles. The van der Waals surface area contributed by atoms with E-state index in [4.69, 9.17) is 5.26 Å². The molecule has 0 amide bonds. The van der Waals surface area contributed by atoms with Crippen molar-refractivity contribution in [1.82, 2.24) is 0 Å². The largest absolute Gasteiger partial charge is 0.417 e. The Morgan fingerprint density at radius 2 is 1.76 bits per heavy atom. The summed E-state index contributed by atoms with van der Waals surface area (Å²) in [6, 6.07) is 8.85. The normalized spacial score (nSPS) is 11.0. The van der Waals surface area contributed by atoms with Gasteiger partial charge in [-0.25, -0.2) is 4.39 Å². The first kappa shape index (κ1) is 14.9. The van der Waals surface area contributed by atoms with Crippen LogP contribution >= 0.6 is 0 Å². The minimum absolute atomic E-state index is 0.131. The van der Waals surface area contributed by atoms with Crippen LogP contribution in [0.4, 0.5) is 28.9 Å². The zero-order chi connectivity index (χ0) is 15.6. The molecule has 1 N–H and O–H groups in total. The fraction of sp³-hybridized carbons (Fsp3) is 0.133. The minimum atomic E-state index is -4.62. The van der Waals surface area contributed by atoms with Crippen LogP contribution in [0.3, 0.4) is 0 Å². The van der Waals surface area contributed by atoms with Crippen molar-refractivity contribution in [2.24, 2.45) is 0 Å². The summed E-state index contributed by atoms with van der Waals surface area (Å²) < 4.78 is 51.8. The minimum Gasteiger partial charge on any atom is -0.355 e. The highest BCUT2D eigenvalue weighted by Gasteiger charge is 2.33. The van der Waals surface area contributed by atoms with Gasteiger partial charge in [0.15, 0.2) is 0 Å². The van der Waals surface area contributed by atoms with Gasteiger partial charge in [-0.15, -0.1) is 0 Å². The summed E-state index contributed by atoms with van der Waals surface area (Å²) in [6.45, 7) is 1.67. The van der Waals surface area contributed by atoms with Crippen molar-refractivity contribution >= 4 is 11.4 Å². The van der Waals surface area contributed by atoms with Crippen molar-refractivity contribution in [1.29, 1.82) is 5.26 Å². The van der Waals surface area contributed by atoms with Gasteiger partial charge in [0, 0.05) is 11.4 Å². The molecular weight excluding hydrogens is 284 g/mol. The molecule has 0 heterocycles. The molecule has 0 radical (unpaired) electrons. The summed E-state index contributed by atoms with van der Waals surface area (Å²) in [4.78, 5) is 0. The number of aryl methyl sites for hydroxylation is 1. The molecule has 0 aliphatic rings. The third-order valence-corrected chi connectivity index (χ3v) is 2.78. The van der Waals surface area contributed by atoms with Crippen molar-refractivity contribution in [2.75, 3.05) is 5.32 Å². The Labute approximate surface area is 118 Å². The Kier molecular flexibility index (Phi) is 3.85. The van der Waals surface area contributed by atoms with Crippen LogP contribution < -0.4 is 5.32 Å². The maximum atomic E-state index is 13.3. The zero-order valence-electron chi connectivity index (χ0n) is 10.9. The molecule has 0 aromatic heterocycles. The second-order valence-electron chi connectivity index (χ2n) is 4.51. The van der Waals surface area contributed by atoms with Crippen LogP contribution in [0.15, 0.2) is 36.4 Å². The average molecular weight is 294 g/mol. The van der Waals surface area contributed by atoms with Crippen molar-refractivity contribution < 1.29 is 17.6 Å². The standard InChI is InChI=1S/C15H10F4N2/c1-9-4-11(16)6-13(5-9)21-12-3-2-10(8-20)14(7-12)15(17,18)19/h2-7,21H,1H3. The number of nitriles is 1. The molecule has 0 unspecified atom stereocenters. The summed E-state index contributed by atoms with van der Waals surface area (Å²) in [5.41, 5.74) is -0.370. The Balaban J connectivity index is 2.40. The number of halogens is 4. The Morgan fingerprint density at radius 3 is 2.33 bits per heavy atom. The molecule has 2 aromatic rings. The third-order valence-electron chi connectivity index (χ3n) is 2.78. The lowest BCUT2D eigenvalue weighted by atomic mass is 10.1. The average Bonchev–Trinajstić information content (AvgIpc) is 2.36. The number of alkyl halides is 3. The van der Waals surface area contributed by atoms with Gasteiger partial charge in [0.2, 0.25) is 0 Å². The van der Waals surface area contributed by atoms with E-state index < -0.39 is 23.1 Å². The lowest BCUT2D eigenvalue weighted by molar-refractivity contribution is -0.137. The van der Waals surface area contributed by atoms with E-state index in [1.165, 1.54) is 24.3 Å². The van der Waals surface area contributed by atoms with Gasteiger partial charge < -0.3 is 5.32 Å². The lowest BCUT2D eigenvalue weighted by Crippen LogP contribution is -2.08. The Morgan fingerprint density at radius 1 is 1.05 bits per heavy atom. The van der Waals surface area contributed by atoms with E-state index in [2.05, 4.69) is 5.32 Å². The molecular formula is C15H10F4N2. The molecule has 0 aliphatic carbocycles. The molecule has 21 heavy (non-hydrogen) atoms. The van der Waals surface area contributed by atoms with Crippen LogP contribution in [0.25, 0.3) is 0 Å². The predicted octanol–water partition coefficient (Wildman–Crippen LogP) is 4.77. The van der Waals surface area contributed by atoms with Gasteiger partial charge in [-0.3, -0.25) is 0 Å². The van der Waals surface area contributed by atoms with E-state index in [1.807, 2.05) is 0 Å².